The van der Waals surface area contributed by atoms with Gasteiger partial charge in [-0.3, -0.25) is 0 Å². The SMILES string of the molecule is CCC(O)CCNS(=O)(=O)c1ccc(N)cc1OC. The number of sulfonamides is 1. The number of hydrogen-bond acceptors (Lipinski definition) is 5. The number of aliphatic hydroxyl groups is 1. The summed E-state index contributed by atoms with van der Waals surface area (Å²) in [6.45, 7) is 2.01. The summed E-state index contributed by atoms with van der Waals surface area (Å²) in [5.41, 5.74) is 6.00. The van der Waals surface area contributed by atoms with Gasteiger partial charge in [-0.2, -0.15) is 0 Å². The fraction of sp³-hybridized carbons (Fsp3) is 0.500. The van der Waals surface area contributed by atoms with Crippen LogP contribution in [0, 0.1) is 0 Å². The van der Waals surface area contributed by atoms with Crippen molar-refractivity contribution in [3.05, 3.63) is 18.2 Å². The van der Waals surface area contributed by atoms with Crippen molar-refractivity contribution in [2.75, 3.05) is 19.4 Å². The summed E-state index contributed by atoms with van der Waals surface area (Å²) >= 11 is 0. The van der Waals surface area contributed by atoms with Crippen LogP contribution in [0.15, 0.2) is 23.1 Å². The Hall–Kier alpha value is -1.31. The smallest absolute Gasteiger partial charge is 0.244 e. The van der Waals surface area contributed by atoms with Gasteiger partial charge in [0.1, 0.15) is 10.6 Å². The maximum atomic E-state index is 12.1. The summed E-state index contributed by atoms with van der Waals surface area (Å²) < 4.78 is 31.6. The van der Waals surface area contributed by atoms with Gasteiger partial charge in [-0.25, -0.2) is 13.1 Å². The number of methoxy groups -OCH3 is 1. The normalized spacial score (nSPS) is 13.2. The van der Waals surface area contributed by atoms with Crippen molar-refractivity contribution < 1.29 is 18.3 Å². The Labute approximate surface area is 113 Å². The molecule has 0 saturated carbocycles. The van der Waals surface area contributed by atoms with Crippen LogP contribution in [0.3, 0.4) is 0 Å². The van der Waals surface area contributed by atoms with E-state index >= 15 is 0 Å². The second-order valence-corrected chi connectivity index (χ2v) is 5.89. The Kier molecular flexibility index (Phi) is 5.59. The Morgan fingerprint density at radius 3 is 2.74 bits per heavy atom. The van der Waals surface area contributed by atoms with E-state index in [9.17, 15) is 13.5 Å². The van der Waals surface area contributed by atoms with Gasteiger partial charge in [-0.15, -0.1) is 0 Å². The number of anilines is 1. The highest BCUT2D eigenvalue weighted by Gasteiger charge is 2.19. The highest BCUT2D eigenvalue weighted by Crippen LogP contribution is 2.25. The molecule has 6 nitrogen and oxygen atoms in total. The molecule has 1 aromatic rings. The van der Waals surface area contributed by atoms with Gasteiger partial charge in [0.2, 0.25) is 10.0 Å². The van der Waals surface area contributed by atoms with Crippen LogP contribution in [0.5, 0.6) is 5.75 Å². The Morgan fingerprint density at radius 1 is 1.47 bits per heavy atom. The first-order chi connectivity index (χ1) is 8.90. The molecule has 0 aromatic heterocycles. The van der Waals surface area contributed by atoms with Gasteiger partial charge >= 0.3 is 0 Å². The van der Waals surface area contributed by atoms with E-state index in [-0.39, 0.29) is 17.2 Å². The minimum absolute atomic E-state index is 0.0372. The van der Waals surface area contributed by atoms with Gasteiger partial charge in [0.15, 0.2) is 0 Å². The van der Waals surface area contributed by atoms with Gasteiger partial charge < -0.3 is 15.6 Å². The number of aliphatic hydroxyl groups excluding tert-OH is 1. The van der Waals surface area contributed by atoms with Crippen LogP contribution in [0.1, 0.15) is 19.8 Å². The molecule has 1 aromatic carbocycles. The lowest BCUT2D eigenvalue weighted by Gasteiger charge is -2.12. The minimum atomic E-state index is -3.67. The van der Waals surface area contributed by atoms with E-state index in [4.69, 9.17) is 10.5 Å². The number of nitrogens with one attached hydrogen (secondary N) is 1. The maximum Gasteiger partial charge on any atom is 0.244 e. The van der Waals surface area contributed by atoms with Gasteiger partial charge in [-0.05, 0) is 25.0 Å². The van der Waals surface area contributed by atoms with E-state index < -0.39 is 16.1 Å². The molecule has 1 atom stereocenters. The van der Waals surface area contributed by atoms with E-state index in [1.54, 1.807) is 0 Å². The van der Waals surface area contributed by atoms with Crippen molar-refractivity contribution in [1.82, 2.24) is 4.72 Å². The van der Waals surface area contributed by atoms with Crippen LogP contribution in [-0.2, 0) is 10.0 Å². The molecule has 1 rings (SSSR count). The molecule has 0 bridgehead atoms. The second kappa shape index (κ2) is 6.74. The summed E-state index contributed by atoms with van der Waals surface area (Å²) in [7, 11) is -2.28. The van der Waals surface area contributed by atoms with Crippen LogP contribution in [0.2, 0.25) is 0 Å². The molecule has 0 aliphatic carbocycles. The lowest BCUT2D eigenvalue weighted by atomic mass is 10.2. The molecule has 108 valence electrons. The molecule has 1 unspecified atom stereocenters. The second-order valence-electron chi connectivity index (χ2n) is 4.16. The Bertz CT molecular complexity index is 516. The zero-order valence-electron chi connectivity index (χ0n) is 11.1. The third kappa shape index (κ3) is 4.38. The van der Waals surface area contributed by atoms with Crippen LogP contribution in [0.25, 0.3) is 0 Å². The molecular weight excluding hydrogens is 268 g/mol. The van der Waals surface area contributed by atoms with E-state index in [2.05, 4.69) is 4.72 Å². The topological polar surface area (TPSA) is 102 Å². The predicted molar refractivity (Wildman–Crippen MR) is 73.5 cm³/mol. The van der Waals surface area contributed by atoms with Crippen LogP contribution < -0.4 is 15.2 Å². The number of ether oxygens (including phenoxy) is 1. The monoisotopic (exact) mass is 288 g/mol. The zero-order chi connectivity index (χ0) is 14.5. The molecule has 19 heavy (non-hydrogen) atoms. The van der Waals surface area contributed by atoms with Crippen molar-refractivity contribution in [3.8, 4) is 5.75 Å². The van der Waals surface area contributed by atoms with Crippen LogP contribution in [-0.4, -0.2) is 33.3 Å². The van der Waals surface area contributed by atoms with E-state index in [1.807, 2.05) is 6.92 Å². The molecule has 7 heteroatoms. The van der Waals surface area contributed by atoms with E-state index in [1.165, 1.54) is 25.3 Å². The number of hydrogen-bond donors (Lipinski definition) is 3. The molecule has 0 fully saturated rings. The highest BCUT2D eigenvalue weighted by molar-refractivity contribution is 7.89. The van der Waals surface area contributed by atoms with Crippen LogP contribution >= 0.6 is 0 Å². The molecule has 0 saturated heterocycles. The lowest BCUT2D eigenvalue weighted by Crippen LogP contribution is -2.27. The van der Waals surface area contributed by atoms with Crippen molar-refractivity contribution >= 4 is 15.7 Å². The highest BCUT2D eigenvalue weighted by atomic mass is 32.2. The predicted octanol–water partition coefficient (Wildman–Crippen LogP) is 0.717. The van der Waals surface area contributed by atoms with Crippen molar-refractivity contribution in [2.45, 2.75) is 30.8 Å². The zero-order valence-corrected chi connectivity index (χ0v) is 11.9. The van der Waals surface area contributed by atoms with Gasteiger partial charge in [-0.1, -0.05) is 6.92 Å². The standard InChI is InChI=1S/C12H20N2O4S/c1-3-10(15)6-7-14-19(16,17)12-5-4-9(13)8-11(12)18-2/h4-5,8,10,14-15H,3,6-7,13H2,1-2H3. The average Bonchev–Trinajstić information content (AvgIpc) is 2.37. The summed E-state index contributed by atoms with van der Waals surface area (Å²) in [5, 5.41) is 9.39. The Morgan fingerprint density at radius 2 is 2.16 bits per heavy atom. The summed E-state index contributed by atoms with van der Waals surface area (Å²) in [6.07, 6.45) is 0.455. The minimum Gasteiger partial charge on any atom is -0.495 e. The van der Waals surface area contributed by atoms with Crippen LogP contribution in [0.4, 0.5) is 5.69 Å². The Balaban J connectivity index is 2.83. The molecule has 0 amide bonds. The van der Waals surface area contributed by atoms with Crippen molar-refractivity contribution in [2.24, 2.45) is 0 Å². The molecule has 0 aliphatic rings. The van der Waals surface area contributed by atoms with Crippen molar-refractivity contribution in [3.63, 3.8) is 0 Å². The fourth-order valence-corrected chi connectivity index (χ4v) is 2.74. The average molecular weight is 288 g/mol. The van der Waals surface area contributed by atoms with Gasteiger partial charge in [0.25, 0.3) is 0 Å². The summed E-state index contributed by atoms with van der Waals surface area (Å²) in [5.74, 6) is 0.198. The quantitative estimate of drug-likeness (QED) is 0.642. The first-order valence-corrected chi connectivity index (χ1v) is 7.50. The largest absolute Gasteiger partial charge is 0.495 e. The third-order valence-corrected chi connectivity index (χ3v) is 4.22. The van der Waals surface area contributed by atoms with E-state index in [0.717, 1.165) is 0 Å². The molecule has 0 radical (unpaired) electrons. The third-order valence-electron chi connectivity index (χ3n) is 2.72. The van der Waals surface area contributed by atoms with Gasteiger partial charge in [0, 0.05) is 18.3 Å². The molecule has 4 N–H and O–H groups in total. The number of benzene rings is 1. The maximum absolute atomic E-state index is 12.1. The number of rotatable bonds is 7. The lowest BCUT2D eigenvalue weighted by molar-refractivity contribution is 0.162. The van der Waals surface area contributed by atoms with E-state index in [0.29, 0.717) is 18.5 Å². The van der Waals surface area contributed by atoms with Crippen molar-refractivity contribution in [1.29, 1.82) is 0 Å². The summed E-state index contributed by atoms with van der Waals surface area (Å²) in [4.78, 5) is 0.0372. The molecule has 0 aliphatic heterocycles. The summed E-state index contributed by atoms with van der Waals surface area (Å²) in [6, 6.07) is 4.35. The molecule has 0 heterocycles. The number of nitrogens with two attached hydrogens (primary N) is 1. The first kappa shape index (κ1) is 15.7. The van der Waals surface area contributed by atoms with Gasteiger partial charge in [0.05, 0.1) is 13.2 Å². The first-order valence-electron chi connectivity index (χ1n) is 6.02. The number of nitrogen functional groups attached to an aromatic ring is 1. The molecule has 0 spiro atoms. The molecular formula is C12H20N2O4S. The fourth-order valence-electron chi connectivity index (χ4n) is 1.55.